The SMILES string of the molecule is C[C@@H]1C[C@H](C)CN(C(=O)CN2CCN(C(=O)c3cc(C4CC4)nn3-c3ccccc3)CC2)C1. The van der Waals surface area contributed by atoms with Crippen LogP contribution in [0.1, 0.15) is 55.2 Å². The average Bonchev–Trinajstić information content (AvgIpc) is 3.57. The van der Waals surface area contributed by atoms with Gasteiger partial charge in [-0.05, 0) is 49.3 Å². The minimum absolute atomic E-state index is 0.0305. The minimum atomic E-state index is 0.0305. The number of likely N-dealkylation sites (tertiary alicyclic amines) is 1. The fraction of sp³-hybridized carbons (Fsp3) is 0.577. The van der Waals surface area contributed by atoms with Gasteiger partial charge in [0, 0.05) is 45.2 Å². The fourth-order valence-corrected chi connectivity index (χ4v) is 5.33. The summed E-state index contributed by atoms with van der Waals surface area (Å²) in [6, 6.07) is 11.9. The molecule has 7 heteroatoms. The lowest BCUT2D eigenvalue weighted by Crippen LogP contribution is -2.53. The van der Waals surface area contributed by atoms with Crippen LogP contribution in [-0.4, -0.2) is 82.1 Å². The largest absolute Gasteiger partial charge is 0.341 e. The molecule has 0 radical (unpaired) electrons. The summed E-state index contributed by atoms with van der Waals surface area (Å²) in [7, 11) is 0. The number of piperazine rings is 1. The molecule has 1 aliphatic carbocycles. The first-order valence-corrected chi connectivity index (χ1v) is 12.4. The van der Waals surface area contributed by atoms with E-state index in [9.17, 15) is 9.59 Å². The van der Waals surface area contributed by atoms with Crippen molar-refractivity contribution in [2.75, 3.05) is 45.8 Å². The van der Waals surface area contributed by atoms with Gasteiger partial charge in [-0.15, -0.1) is 0 Å². The third-order valence-electron chi connectivity index (χ3n) is 7.18. The highest BCUT2D eigenvalue weighted by atomic mass is 16.2. The maximum absolute atomic E-state index is 13.5. The van der Waals surface area contributed by atoms with Crippen molar-refractivity contribution in [2.24, 2.45) is 11.8 Å². The molecule has 0 bridgehead atoms. The predicted octanol–water partition coefficient (Wildman–Crippen LogP) is 3.01. The first-order valence-electron chi connectivity index (χ1n) is 12.4. The molecular weight excluding hydrogens is 414 g/mol. The highest BCUT2D eigenvalue weighted by molar-refractivity contribution is 5.93. The van der Waals surface area contributed by atoms with Crippen LogP contribution in [0.4, 0.5) is 0 Å². The molecule has 0 spiro atoms. The Hall–Kier alpha value is -2.67. The topological polar surface area (TPSA) is 61.7 Å². The standard InChI is InChI=1S/C26H35N5O2/c1-19-14-20(2)17-30(16-19)25(32)18-28-10-12-29(13-11-28)26(33)24-15-23(21-8-9-21)27-31(24)22-6-4-3-5-7-22/h3-7,15,19-21H,8-14,16-18H2,1-2H3/t19-,20+. The van der Waals surface area contributed by atoms with Crippen molar-refractivity contribution in [3.05, 3.63) is 47.8 Å². The van der Waals surface area contributed by atoms with Crippen molar-refractivity contribution >= 4 is 11.8 Å². The van der Waals surface area contributed by atoms with Crippen LogP contribution in [0.25, 0.3) is 5.69 Å². The van der Waals surface area contributed by atoms with Gasteiger partial charge < -0.3 is 9.80 Å². The van der Waals surface area contributed by atoms with Crippen LogP contribution in [0.5, 0.6) is 0 Å². The Morgan fingerprint density at radius 3 is 2.24 bits per heavy atom. The number of rotatable bonds is 5. The number of hydrogen-bond acceptors (Lipinski definition) is 4. The molecular formula is C26H35N5O2. The van der Waals surface area contributed by atoms with Gasteiger partial charge in [-0.2, -0.15) is 5.10 Å². The van der Waals surface area contributed by atoms with Crippen molar-refractivity contribution in [1.29, 1.82) is 0 Å². The van der Waals surface area contributed by atoms with Crippen LogP contribution >= 0.6 is 0 Å². The Morgan fingerprint density at radius 1 is 0.939 bits per heavy atom. The van der Waals surface area contributed by atoms with Crippen LogP contribution < -0.4 is 0 Å². The van der Waals surface area contributed by atoms with Crippen LogP contribution in [-0.2, 0) is 4.79 Å². The number of piperidine rings is 1. The van der Waals surface area contributed by atoms with Gasteiger partial charge in [-0.3, -0.25) is 14.5 Å². The summed E-state index contributed by atoms with van der Waals surface area (Å²) in [6.45, 7) is 9.38. The second kappa shape index (κ2) is 9.29. The third-order valence-corrected chi connectivity index (χ3v) is 7.18. The predicted molar refractivity (Wildman–Crippen MR) is 127 cm³/mol. The average molecular weight is 450 g/mol. The van der Waals surface area contributed by atoms with Gasteiger partial charge in [0.2, 0.25) is 5.91 Å². The zero-order valence-corrected chi connectivity index (χ0v) is 19.8. The number of amides is 2. The summed E-state index contributed by atoms with van der Waals surface area (Å²) in [4.78, 5) is 32.5. The Bertz CT molecular complexity index is 981. The van der Waals surface area contributed by atoms with Crippen molar-refractivity contribution in [3.8, 4) is 5.69 Å². The molecule has 3 aliphatic rings. The molecule has 2 aliphatic heterocycles. The van der Waals surface area contributed by atoms with Gasteiger partial charge in [0.25, 0.3) is 5.91 Å². The Labute approximate surface area is 196 Å². The van der Waals surface area contributed by atoms with E-state index in [1.807, 2.05) is 50.9 Å². The van der Waals surface area contributed by atoms with Crippen molar-refractivity contribution in [2.45, 2.75) is 39.0 Å². The molecule has 2 amide bonds. The highest BCUT2D eigenvalue weighted by Gasteiger charge is 2.32. The lowest BCUT2D eigenvalue weighted by molar-refractivity contribution is -0.135. The Morgan fingerprint density at radius 2 is 1.61 bits per heavy atom. The first kappa shape index (κ1) is 22.1. The van der Waals surface area contributed by atoms with Gasteiger partial charge in [0.1, 0.15) is 5.69 Å². The van der Waals surface area contributed by atoms with E-state index in [1.54, 1.807) is 0 Å². The Kier molecular flexibility index (Phi) is 6.23. The number of carbonyl (C=O) groups excluding carboxylic acids is 2. The summed E-state index contributed by atoms with van der Waals surface area (Å²) in [5.41, 5.74) is 2.59. The molecule has 0 unspecified atom stereocenters. The number of benzene rings is 1. The second-order valence-electron chi connectivity index (χ2n) is 10.3. The van der Waals surface area contributed by atoms with E-state index >= 15 is 0 Å². The highest BCUT2D eigenvalue weighted by Crippen LogP contribution is 2.40. The molecule has 0 N–H and O–H groups in total. The quantitative estimate of drug-likeness (QED) is 0.704. The van der Waals surface area contributed by atoms with E-state index in [4.69, 9.17) is 5.10 Å². The van der Waals surface area contributed by atoms with Crippen LogP contribution in [0.3, 0.4) is 0 Å². The van der Waals surface area contributed by atoms with Gasteiger partial charge in [0.15, 0.2) is 0 Å². The number of hydrogen-bond donors (Lipinski definition) is 0. The van der Waals surface area contributed by atoms with Gasteiger partial charge >= 0.3 is 0 Å². The summed E-state index contributed by atoms with van der Waals surface area (Å²) >= 11 is 0. The smallest absolute Gasteiger partial charge is 0.272 e. The van der Waals surface area contributed by atoms with Gasteiger partial charge in [-0.1, -0.05) is 32.0 Å². The van der Waals surface area contributed by atoms with Gasteiger partial charge in [-0.25, -0.2) is 4.68 Å². The molecule has 5 rings (SSSR count). The van der Waals surface area contributed by atoms with Crippen molar-refractivity contribution < 1.29 is 9.59 Å². The molecule has 2 aromatic rings. The molecule has 33 heavy (non-hydrogen) atoms. The fourth-order valence-electron chi connectivity index (χ4n) is 5.33. The van der Waals surface area contributed by atoms with E-state index in [-0.39, 0.29) is 11.8 Å². The maximum atomic E-state index is 13.5. The summed E-state index contributed by atoms with van der Waals surface area (Å²) in [5, 5.41) is 4.79. The molecule has 7 nitrogen and oxygen atoms in total. The van der Waals surface area contributed by atoms with E-state index in [1.165, 1.54) is 6.42 Å². The van der Waals surface area contributed by atoms with Crippen molar-refractivity contribution in [1.82, 2.24) is 24.5 Å². The molecule has 1 aromatic carbocycles. The van der Waals surface area contributed by atoms with E-state index < -0.39 is 0 Å². The molecule has 1 saturated carbocycles. The number of carbonyl (C=O) groups is 2. The lowest BCUT2D eigenvalue weighted by atomic mass is 9.92. The molecule has 176 valence electrons. The van der Waals surface area contributed by atoms with Crippen LogP contribution in [0.2, 0.25) is 0 Å². The van der Waals surface area contributed by atoms with Crippen molar-refractivity contribution in [3.63, 3.8) is 0 Å². The van der Waals surface area contributed by atoms with E-state index in [0.717, 1.165) is 50.4 Å². The monoisotopic (exact) mass is 449 g/mol. The molecule has 3 heterocycles. The number of aromatic nitrogens is 2. The Balaban J connectivity index is 1.22. The van der Waals surface area contributed by atoms with Gasteiger partial charge in [0.05, 0.1) is 17.9 Å². The van der Waals surface area contributed by atoms with Crippen LogP contribution in [0.15, 0.2) is 36.4 Å². The normalized spacial score (nSPS) is 24.2. The molecule has 2 saturated heterocycles. The summed E-state index contributed by atoms with van der Waals surface area (Å²) < 4.78 is 1.81. The van der Waals surface area contributed by atoms with Crippen LogP contribution in [0, 0.1) is 11.8 Å². The summed E-state index contributed by atoms with van der Waals surface area (Å²) in [5.74, 6) is 1.89. The lowest BCUT2D eigenvalue weighted by Gasteiger charge is -2.38. The first-order chi connectivity index (χ1) is 16.0. The van der Waals surface area contributed by atoms with E-state index in [2.05, 4.69) is 18.7 Å². The molecule has 1 aromatic heterocycles. The van der Waals surface area contributed by atoms with E-state index in [0.29, 0.717) is 43.1 Å². The maximum Gasteiger partial charge on any atom is 0.272 e. The summed E-state index contributed by atoms with van der Waals surface area (Å²) in [6.07, 6.45) is 3.51. The zero-order chi connectivity index (χ0) is 22.9. The number of nitrogens with zero attached hydrogens (tertiary/aromatic N) is 5. The minimum Gasteiger partial charge on any atom is -0.341 e. The third kappa shape index (κ3) is 4.98. The number of para-hydroxylation sites is 1. The zero-order valence-electron chi connectivity index (χ0n) is 19.8. The molecule has 2 atom stereocenters. The molecule has 3 fully saturated rings. The second-order valence-corrected chi connectivity index (χ2v) is 10.3.